The van der Waals surface area contributed by atoms with Gasteiger partial charge in [0.2, 0.25) is 0 Å². The van der Waals surface area contributed by atoms with Crippen LogP contribution in [0.2, 0.25) is 0 Å². The van der Waals surface area contributed by atoms with E-state index in [1.165, 1.54) is 0 Å². The van der Waals surface area contributed by atoms with Gasteiger partial charge >= 0.3 is 11.9 Å². The van der Waals surface area contributed by atoms with Crippen LogP contribution in [0.3, 0.4) is 0 Å². The van der Waals surface area contributed by atoms with Crippen molar-refractivity contribution in [2.45, 2.75) is 32.6 Å². The summed E-state index contributed by atoms with van der Waals surface area (Å²) in [5.74, 6) is -2.22. The Hall–Kier alpha value is -1.36. The van der Waals surface area contributed by atoms with Crippen LogP contribution in [-0.2, 0) is 14.5 Å². The third-order valence-corrected chi connectivity index (χ3v) is 1.69. The summed E-state index contributed by atoms with van der Waals surface area (Å²) in [7, 11) is 0. The molecule has 0 rings (SSSR count). The normalized spacial score (nSPS) is 11.1. The highest BCUT2D eigenvalue weighted by Gasteiger charge is 2.12. The van der Waals surface area contributed by atoms with Crippen molar-refractivity contribution in [3.63, 3.8) is 0 Å². The zero-order chi connectivity index (χ0) is 11.0. The Morgan fingerprint density at radius 1 is 1.36 bits per heavy atom. The number of hydrogen-bond donors (Lipinski definition) is 2. The van der Waals surface area contributed by atoms with Crippen molar-refractivity contribution < 1.29 is 24.8 Å². The largest absolute Gasteiger partial charge is 0.478 e. The Morgan fingerprint density at radius 2 is 2.00 bits per heavy atom. The van der Waals surface area contributed by atoms with Crippen LogP contribution >= 0.6 is 0 Å². The fraction of sp³-hybridized carbons (Fsp3) is 0.556. The molecule has 5 nitrogen and oxygen atoms in total. The van der Waals surface area contributed by atoms with Gasteiger partial charge in [0.15, 0.2) is 0 Å². The molecule has 0 heterocycles. The van der Waals surface area contributed by atoms with Crippen LogP contribution in [-0.4, -0.2) is 22.3 Å². The van der Waals surface area contributed by atoms with Crippen molar-refractivity contribution >= 4 is 11.9 Å². The van der Waals surface area contributed by atoms with E-state index in [9.17, 15) is 9.59 Å². The van der Waals surface area contributed by atoms with Crippen LogP contribution in [0, 0.1) is 0 Å². The number of rotatable bonds is 6. The van der Waals surface area contributed by atoms with Gasteiger partial charge in [-0.15, -0.1) is 0 Å². The molecule has 0 aromatic carbocycles. The predicted octanol–water partition coefficient (Wildman–Crippen LogP) is 1.59. The molecule has 0 aliphatic rings. The van der Waals surface area contributed by atoms with E-state index < -0.39 is 11.9 Å². The van der Waals surface area contributed by atoms with Gasteiger partial charge in [-0.05, 0) is 12.8 Å². The van der Waals surface area contributed by atoms with Crippen LogP contribution in [0.15, 0.2) is 11.6 Å². The molecule has 0 aromatic heterocycles. The Labute approximate surface area is 81.9 Å². The smallest absolute Gasteiger partial charge is 0.369 e. The van der Waals surface area contributed by atoms with E-state index in [1.54, 1.807) is 0 Å². The van der Waals surface area contributed by atoms with Crippen LogP contribution in [0.4, 0.5) is 0 Å². The molecule has 0 aliphatic heterocycles. The van der Waals surface area contributed by atoms with Crippen molar-refractivity contribution in [1.29, 1.82) is 0 Å². The highest BCUT2D eigenvalue weighted by Crippen LogP contribution is 2.10. The first-order valence-electron chi connectivity index (χ1n) is 4.41. The molecular weight excluding hydrogens is 188 g/mol. The molecule has 0 unspecified atom stereocenters. The number of hydrogen-bond acceptors (Lipinski definition) is 4. The summed E-state index contributed by atoms with van der Waals surface area (Å²) < 4.78 is 0. The zero-order valence-corrected chi connectivity index (χ0v) is 8.02. The third-order valence-electron chi connectivity index (χ3n) is 1.69. The summed E-state index contributed by atoms with van der Waals surface area (Å²) >= 11 is 0. The molecule has 0 aliphatic carbocycles. The summed E-state index contributed by atoms with van der Waals surface area (Å²) in [6, 6.07) is 0. The number of unbranched alkanes of at least 4 members (excludes halogenated alkanes) is 2. The average Bonchev–Trinajstić information content (AvgIpc) is 2.15. The van der Waals surface area contributed by atoms with E-state index in [0.717, 1.165) is 18.9 Å². The molecule has 0 radical (unpaired) electrons. The zero-order valence-electron chi connectivity index (χ0n) is 8.02. The molecule has 0 aromatic rings. The summed E-state index contributed by atoms with van der Waals surface area (Å²) in [5, 5.41) is 16.5. The fourth-order valence-electron chi connectivity index (χ4n) is 1.01. The van der Waals surface area contributed by atoms with Crippen molar-refractivity contribution in [2.24, 2.45) is 0 Å². The molecule has 0 saturated carbocycles. The number of carbonyl (C=O) groups is 2. The van der Waals surface area contributed by atoms with Gasteiger partial charge < -0.3 is 5.11 Å². The van der Waals surface area contributed by atoms with E-state index in [4.69, 9.17) is 10.4 Å². The molecule has 0 bridgehead atoms. The molecule has 0 fully saturated rings. The minimum Gasteiger partial charge on any atom is -0.478 e. The maximum atomic E-state index is 10.8. The third kappa shape index (κ3) is 5.31. The maximum absolute atomic E-state index is 10.8. The molecule has 80 valence electrons. The minimum absolute atomic E-state index is 0.0200. The lowest BCUT2D eigenvalue weighted by molar-refractivity contribution is -0.229. The summed E-state index contributed by atoms with van der Waals surface area (Å²) in [5.41, 5.74) is -0.0200. The molecule has 5 heteroatoms. The topological polar surface area (TPSA) is 83.8 Å². The van der Waals surface area contributed by atoms with E-state index in [2.05, 4.69) is 4.89 Å². The molecule has 0 amide bonds. The highest BCUT2D eigenvalue weighted by atomic mass is 17.1. The van der Waals surface area contributed by atoms with Crippen LogP contribution in [0.1, 0.15) is 32.6 Å². The van der Waals surface area contributed by atoms with Gasteiger partial charge in [0, 0.05) is 11.6 Å². The standard InChI is InChI=1S/C9H14O5/c1-2-3-4-5-7(6-8(10)11)9(12)14-13/h6,13H,2-5H2,1H3,(H,10,11)/b7-6-. The second-order valence-electron chi connectivity index (χ2n) is 2.84. The number of aliphatic carboxylic acids is 1. The molecular formula is C9H14O5. The van der Waals surface area contributed by atoms with Crippen molar-refractivity contribution in [3.8, 4) is 0 Å². The Balaban J connectivity index is 4.26. The molecule has 0 atom stereocenters. The number of carboxylic acids is 1. The SMILES string of the molecule is CCCCC/C(=C/C(=O)O)C(=O)OO. The van der Waals surface area contributed by atoms with Gasteiger partial charge in [-0.1, -0.05) is 19.8 Å². The maximum Gasteiger partial charge on any atom is 0.369 e. The lowest BCUT2D eigenvalue weighted by atomic mass is 10.1. The van der Waals surface area contributed by atoms with Gasteiger partial charge in [0.05, 0.1) is 0 Å². The van der Waals surface area contributed by atoms with E-state index in [1.807, 2.05) is 6.92 Å². The van der Waals surface area contributed by atoms with Gasteiger partial charge in [0.25, 0.3) is 0 Å². The fourth-order valence-corrected chi connectivity index (χ4v) is 1.01. The molecule has 14 heavy (non-hydrogen) atoms. The Kier molecular flexibility index (Phi) is 6.39. The van der Waals surface area contributed by atoms with Gasteiger partial charge in [-0.25, -0.2) is 9.59 Å². The highest BCUT2D eigenvalue weighted by molar-refractivity contribution is 5.95. The second kappa shape index (κ2) is 7.08. The van der Waals surface area contributed by atoms with E-state index >= 15 is 0 Å². The minimum atomic E-state index is -1.22. The lowest BCUT2D eigenvalue weighted by Gasteiger charge is -2.01. The van der Waals surface area contributed by atoms with Crippen molar-refractivity contribution in [3.05, 3.63) is 11.6 Å². The first-order chi connectivity index (χ1) is 6.61. The van der Waals surface area contributed by atoms with E-state index in [0.29, 0.717) is 12.8 Å². The summed E-state index contributed by atoms with van der Waals surface area (Å²) in [6.07, 6.45) is 3.63. The van der Waals surface area contributed by atoms with Crippen LogP contribution in [0.25, 0.3) is 0 Å². The van der Waals surface area contributed by atoms with Gasteiger partial charge in [-0.3, -0.25) is 4.89 Å². The second-order valence-corrected chi connectivity index (χ2v) is 2.84. The van der Waals surface area contributed by atoms with Crippen molar-refractivity contribution in [1.82, 2.24) is 0 Å². The molecule has 0 saturated heterocycles. The molecule has 2 N–H and O–H groups in total. The van der Waals surface area contributed by atoms with E-state index in [-0.39, 0.29) is 5.57 Å². The lowest BCUT2D eigenvalue weighted by Crippen LogP contribution is -2.07. The Morgan fingerprint density at radius 3 is 2.43 bits per heavy atom. The number of carbonyl (C=O) groups excluding carboxylic acids is 1. The first-order valence-corrected chi connectivity index (χ1v) is 4.41. The summed E-state index contributed by atoms with van der Waals surface area (Å²) in [4.78, 5) is 24.6. The number of carboxylic acid groups (broad SMARTS) is 1. The van der Waals surface area contributed by atoms with Crippen LogP contribution in [0.5, 0.6) is 0 Å². The quantitative estimate of drug-likeness (QED) is 0.296. The first kappa shape index (κ1) is 12.6. The average molecular weight is 202 g/mol. The van der Waals surface area contributed by atoms with Gasteiger partial charge in [-0.2, -0.15) is 5.26 Å². The predicted molar refractivity (Wildman–Crippen MR) is 48.6 cm³/mol. The van der Waals surface area contributed by atoms with Crippen molar-refractivity contribution in [2.75, 3.05) is 0 Å². The Bertz CT molecular complexity index is 231. The van der Waals surface area contributed by atoms with Gasteiger partial charge in [0.1, 0.15) is 0 Å². The van der Waals surface area contributed by atoms with Crippen LogP contribution < -0.4 is 0 Å². The molecule has 0 spiro atoms. The summed E-state index contributed by atoms with van der Waals surface area (Å²) in [6.45, 7) is 1.99. The monoisotopic (exact) mass is 202 g/mol.